The zero-order valence-electron chi connectivity index (χ0n) is 49.6. The van der Waals surface area contributed by atoms with Crippen molar-refractivity contribution in [1.82, 2.24) is 15.0 Å². The summed E-state index contributed by atoms with van der Waals surface area (Å²) in [7, 11) is 3.06. The zero-order chi connectivity index (χ0) is 67.5. The summed E-state index contributed by atoms with van der Waals surface area (Å²) in [6.07, 6.45) is 7.21. The van der Waals surface area contributed by atoms with Gasteiger partial charge < -0.3 is 67.8 Å². The Bertz CT molecular complexity index is 3950. The van der Waals surface area contributed by atoms with Gasteiger partial charge in [0.15, 0.2) is 40.8 Å². The fraction of sp³-hybridized carbons (Fsp3) is 0.188. The number of ether oxygens (including phenoxy) is 6. The molecule has 0 spiro atoms. The first-order valence-corrected chi connectivity index (χ1v) is 30.3. The van der Waals surface area contributed by atoms with Crippen LogP contribution >= 0.6 is 73.9 Å². The van der Waals surface area contributed by atoms with Gasteiger partial charge >= 0.3 is 0 Å². The number of nitrogens with one attached hydrogen (secondary N) is 1. The summed E-state index contributed by atoms with van der Waals surface area (Å²) in [4.78, 5) is 55.1. The fourth-order valence-corrected chi connectivity index (χ4v) is 7.99. The molecule has 504 valence electrons. The monoisotopic (exact) mass is 1470 g/mol. The lowest BCUT2D eigenvalue weighted by Gasteiger charge is -2.11. The first kappa shape index (κ1) is 80.5. The van der Waals surface area contributed by atoms with Crippen molar-refractivity contribution >= 4 is 80.2 Å². The summed E-state index contributed by atoms with van der Waals surface area (Å²) in [5, 5.41) is 48.1. The lowest BCUT2D eigenvalue weighted by molar-refractivity contribution is 0.111. The van der Waals surface area contributed by atoms with E-state index in [0.29, 0.717) is 86.3 Å². The van der Waals surface area contributed by atoms with E-state index in [1.54, 1.807) is 55.8 Å². The van der Waals surface area contributed by atoms with E-state index in [4.69, 9.17) is 116 Å². The number of carbonyl (C=O) groups excluding carboxylic acids is 1. The van der Waals surface area contributed by atoms with Crippen LogP contribution in [0.4, 0.5) is 0 Å². The van der Waals surface area contributed by atoms with Crippen LogP contribution in [0.15, 0.2) is 206 Å². The molecule has 10 aromatic rings. The van der Waals surface area contributed by atoms with E-state index in [2.05, 4.69) is 35.3 Å². The van der Waals surface area contributed by atoms with Gasteiger partial charge in [0.2, 0.25) is 22.0 Å². The molecule has 6 N–H and O–H groups in total. The molecule has 0 atom stereocenters. The molecule has 20 nitrogen and oxygen atoms in total. The second-order valence-electron chi connectivity index (χ2n) is 18.6. The summed E-state index contributed by atoms with van der Waals surface area (Å²) in [6, 6.07) is 43.6. The van der Waals surface area contributed by atoms with Crippen molar-refractivity contribution in [2.24, 2.45) is 0 Å². The van der Waals surface area contributed by atoms with Crippen LogP contribution in [0.25, 0.3) is 0 Å². The number of aromatic hydroxyl groups is 1. The zero-order valence-corrected chi connectivity index (χ0v) is 54.9. The molecule has 0 unspecified atom stereocenters. The highest BCUT2D eigenvalue weighted by molar-refractivity contribution is 9.08. The normalized spacial score (nSPS) is 9.89. The molecule has 0 aliphatic rings. The highest BCUT2D eigenvalue weighted by Crippen LogP contribution is 2.29. The van der Waals surface area contributed by atoms with Crippen molar-refractivity contribution in [3.05, 3.63) is 295 Å². The van der Waals surface area contributed by atoms with E-state index in [-0.39, 0.29) is 81.8 Å². The number of pyridine rings is 3. The molecule has 95 heavy (non-hydrogen) atoms. The van der Waals surface area contributed by atoms with Crippen molar-refractivity contribution in [2.75, 3.05) is 14.2 Å². The smallest absolute Gasteiger partial charge is 0.227 e. The third kappa shape index (κ3) is 29.2. The van der Waals surface area contributed by atoms with Crippen molar-refractivity contribution in [3.63, 3.8) is 0 Å². The van der Waals surface area contributed by atoms with Crippen LogP contribution < -0.4 is 44.7 Å². The number of aldehydes is 1. The summed E-state index contributed by atoms with van der Waals surface area (Å²) in [5.74, 6) is 2.29. The molecule has 0 aliphatic carbocycles. The Morgan fingerprint density at radius 1 is 0.463 bits per heavy atom. The number of H-pyrrole nitrogens is 1. The van der Waals surface area contributed by atoms with Gasteiger partial charge in [0.25, 0.3) is 0 Å². The van der Waals surface area contributed by atoms with Crippen LogP contribution in [0.3, 0.4) is 0 Å². The summed E-state index contributed by atoms with van der Waals surface area (Å²) in [6.45, 7) is 0.325. The van der Waals surface area contributed by atoms with Crippen molar-refractivity contribution in [1.29, 1.82) is 0 Å². The number of benzene rings is 5. The Morgan fingerprint density at radius 3 is 1.21 bits per heavy atom. The number of rotatable bonds is 20. The molecular weight excluding hydrogens is 1400 g/mol. The minimum Gasteiger partial charge on any atom is -0.502 e. The van der Waals surface area contributed by atoms with E-state index in [0.717, 1.165) is 44.9 Å². The van der Waals surface area contributed by atoms with E-state index < -0.39 is 11.2 Å². The minimum absolute atomic E-state index is 0. The van der Waals surface area contributed by atoms with Gasteiger partial charge in [0.1, 0.15) is 69.4 Å². The first-order chi connectivity index (χ1) is 44.9. The molecule has 10 rings (SSSR count). The molecule has 0 radical (unpaired) electrons. The Hall–Kier alpha value is -8.71. The molecule has 0 amide bonds. The lowest BCUT2D eigenvalue weighted by atomic mass is 10.2. The number of aromatic amines is 1. The quantitative estimate of drug-likeness (QED) is 0.0305. The molecule has 0 bridgehead atoms. The predicted molar refractivity (Wildman–Crippen MR) is 370 cm³/mol. The minimum atomic E-state index is -0.546. The average Bonchev–Trinajstić information content (AvgIpc) is 1.14. The van der Waals surface area contributed by atoms with Gasteiger partial charge in [-0.3, -0.25) is 24.2 Å². The maximum Gasteiger partial charge on any atom is 0.227 e. The highest BCUT2D eigenvalue weighted by Gasteiger charge is 2.10. The number of methoxy groups -OCH3 is 2. The summed E-state index contributed by atoms with van der Waals surface area (Å²) < 4.78 is 41.9. The van der Waals surface area contributed by atoms with Gasteiger partial charge in [0, 0.05) is 72.7 Å². The predicted octanol–water partition coefficient (Wildman–Crippen LogP) is 14.8. The number of hydrogen-bond donors (Lipinski definition) is 6. The van der Waals surface area contributed by atoms with E-state index >= 15 is 0 Å². The van der Waals surface area contributed by atoms with Crippen molar-refractivity contribution in [3.8, 4) is 40.2 Å². The summed E-state index contributed by atoms with van der Waals surface area (Å²) in [5.41, 5.74) is 5.21. The first-order valence-electron chi connectivity index (χ1n) is 27.3. The molecule has 5 aromatic heterocycles. The van der Waals surface area contributed by atoms with Gasteiger partial charge in [-0.05, 0) is 88.5 Å². The van der Waals surface area contributed by atoms with Crippen LogP contribution in [-0.2, 0) is 58.2 Å². The maximum atomic E-state index is 11.6. The number of aliphatic hydroxyl groups is 4. The number of alkyl halides is 1. The van der Waals surface area contributed by atoms with Crippen molar-refractivity contribution < 1.29 is 67.6 Å². The molecule has 26 heteroatoms. The second kappa shape index (κ2) is 44.0. The molecule has 0 saturated carbocycles. The van der Waals surface area contributed by atoms with E-state index in [9.17, 15) is 19.2 Å². The molecule has 5 aromatic carbocycles. The van der Waals surface area contributed by atoms with Crippen molar-refractivity contribution in [2.45, 2.75) is 73.0 Å². The highest BCUT2D eigenvalue weighted by atomic mass is 79.9. The standard InChI is InChI=1S/C14H14ClNO3.C14H12ClNO3.C13H12ClNO3.C13H11ClO4.C7H6BrCl.C6H6O4.2CH4/c2*1-18-13-6-12(8-17)16-7-14(13)19-9-10-2-4-11(15)5-3-10;14-10-3-1-9(2-4-10)8-18-13-6-15-11(7-16)5-12(13)17;14-10-3-1-9(2-4-10)7-18-13-8-17-11(6-15)5-12(13)16;8-5-6-1-3-7(9)4-2-6;7-2-4-1-5(8)6(9)3-10-4;;/h2-7,17H,8-9H2,1H3;2-8H,9H2,1H3;1-6,16H,7-8H2,(H,15,17);1-5,8,15H,6-7H2;1-4H,5H2;1,3,7,9H,2H2;2*1H4. The lowest BCUT2D eigenvalue weighted by Crippen LogP contribution is -2.09. The SMILES string of the molecule is C.C.COc1cc(C=O)ncc1OCc1ccc(Cl)cc1.COc1cc(CO)ncc1OCc1ccc(Cl)cc1.Clc1ccc(CBr)cc1.O=c1cc(CO)[nH]cc1OCc1ccc(Cl)cc1.O=c1cc(CO)occ1O.O=c1cc(CO)occ1OCc1ccc(Cl)cc1. The molecule has 0 aliphatic heterocycles. The summed E-state index contributed by atoms with van der Waals surface area (Å²) >= 11 is 32.1. The van der Waals surface area contributed by atoms with E-state index in [1.165, 1.54) is 49.5 Å². The third-order valence-corrected chi connectivity index (χ3v) is 13.8. The van der Waals surface area contributed by atoms with Crippen LogP contribution in [0.2, 0.25) is 25.1 Å². The Labute approximate surface area is 581 Å². The van der Waals surface area contributed by atoms with Gasteiger partial charge in [-0.15, -0.1) is 0 Å². The largest absolute Gasteiger partial charge is 0.502 e. The van der Waals surface area contributed by atoms with Crippen LogP contribution in [-0.4, -0.2) is 61.0 Å². The maximum absolute atomic E-state index is 11.6. The van der Waals surface area contributed by atoms with Crippen LogP contribution in [0.5, 0.6) is 40.2 Å². The molecule has 0 fully saturated rings. The number of nitrogens with zero attached hydrogens (tertiary/aromatic N) is 2. The second-order valence-corrected chi connectivity index (χ2v) is 21.4. The van der Waals surface area contributed by atoms with E-state index in [1.807, 2.05) is 84.9 Å². The molecule has 5 heterocycles. The Balaban J connectivity index is 0.000000301. The number of hydrogen-bond acceptors (Lipinski definition) is 19. The Morgan fingerprint density at radius 2 is 0.842 bits per heavy atom. The third-order valence-electron chi connectivity index (χ3n) is 11.9. The Kier molecular flexibility index (Phi) is 37.3. The fourth-order valence-electron chi connectivity index (χ4n) is 6.99. The number of carbonyl (C=O) groups is 1. The molecular formula is C69H69BrCl5N3O17. The van der Waals surface area contributed by atoms with Crippen LogP contribution in [0, 0.1) is 0 Å². The number of aromatic nitrogens is 3. The van der Waals surface area contributed by atoms with Gasteiger partial charge in [-0.1, -0.05) is 149 Å². The molecule has 0 saturated heterocycles. The van der Waals surface area contributed by atoms with Crippen LogP contribution in [0.1, 0.15) is 76.1 Å². The number of halogens is 6. The average molecular weight is 1470 g/mol. The van der Waals surface area contributed by atoms with Gasteiger partial charge in [-0.25, -0.2) is 4.98 Å². The van der Waals surface area contributed by atoms with Gasteiger partial charge in [0.05, 0.1) is 45.5 Å². The topological polar surface area (TPSA) is 293 Å². The number of aliphatic hydroxyl groups excluding tert-OH is 4. The van der Waals surface area contributed by atoms with Gasteiger partial charge in [-0.2, -0.15) is 0 Å².